The Morgan fingerprint density at radius 2 is 2.00 bits per heavy atom. The van der Waals surface area contributed by atoms with Crippen LogP contribution in [0.25, 0.3) is 0 Å². The predicted molar refractivity (Wildman–Crippen MR) is 80.4 cm³/mol. The fraction of sp³-hybridized carbons (Fsp3) is 0.286. The molecule has 1 aromatic carbocycles. The molecule has 2 aromatic rings. The number of hydrogen-bond acceptors (Lipinski definition) is 3. The fourth-order valence-electron chi connectivity index (χ4n) is 1.71. The standard InChI is InChI=1S/C14H16BrN3O/c1-9(2)11-5-3-10(4-6-11)7-16-13-12(15)14(19)18-8-17-13/h3-6,8-9H,7H2,1-2H3,(H2,16,17,18,19). The van der Waals surface area contributed by atoms with E-state index in [0.717, 1.165) is 5.56 Å². The Morgan fingerprint density at radius 1 is 1.32 bits per heavy atom. The van der Waals surface area contributed by atoms with Crippen LogP contribution in [0.15, 0.2) is 39.9 Å². The van der Waals surface area contributed by atoms with Gasteiger partial charge in [-0.2, -0.15) is 0 Å². The molecule has 1 heterocycles. The minimum Gasteiger partial charge on any atom is -0.365 e. The zero-order valence-corrected chi connectivity index (χ0v) is 12.5. The van der Waals surface area contributed by atoms with Gasteiger partial charge in [-0.25, -0.2) is 4.98 Å². The molecule has 0 fully saturated rings. The van der Waals surface area contributed by atoms with Crippen molar-refractivity contribution in [3.8, 4) is 0 Å². The monoisotopic (exact) mass is 321 g/mol. The first kappa shape index (κ1) is 13.8. The first-order chi connectivity index (χ1) is 9.08. The summed E-state index contributed by atoms with van der Waals surface area (Å²) in [5, 5.41) is 3.14. The van der Waals surface area contributed by atoms with Crippen LogP contribution in [0, 0.1) is 0 Å². The summed E-state index contributed by atoms with van der Waals surface area (Å²) >= 11 is 3.22. The molecule has 0 aliphatic heterocycles. The molecule has 0 saturated heterocycles. The summed E-state index contributed by atoms with van der Waals surface area (Å²) in [6.07, 6.45) is 1.39. The molecule has 100 valence electrons. The second kappa shape index (κ2) is 6.02. The largest absolute Gasteiger partial charge is 0.365 e. The van der Waals surface area contributed by atoms with Gasteiger partial charge in [0.1, 0.15) is 10.3 Å². The van der Waals surface area contributed by atoms with Crippen molar-refractivity contribution in [2.24, 2.45) is 0 Å². The normalized spacial score (nSPS) is 10.7. The minimum absolute atomic E-state index is 0.187. The Bertz CT molecular complexity index is 605. The molecular formula is C14H16BrN3O. The van der Waals surface area contributed by atoms with Crippen molar-refractivity contribution in [1.82, 2.24) is 9.97 Å². The van der Waals surface area contributed by atoms with Crippen LogP contribution in [-0.2, 0) is 6.54 Å². The summed E-state index contributed by atoms with van der Waals surface area (Å²) in [5.74, 6) is 1.09. The van der Waals surface area contributed by atoms with E-state index in [9.17, 15) is 4.79 Å². The van der Waals surface area contributed by atoms with Gasteiger partial charge < -0.3 is 10.3 Å². The average molecular weight is 322 g/mol. The van der Waals surface area contributed by atoms with Gasteiger partial charge in [0.2, 0.25) is 0 Å². The lowest BCUT2D eigenvalue weighted by Crippen LogP contribution is -2.12. The van der Waals surface area contributed by atoms with Gasteiger partial charge in [-0.1, -0.05) is 38.1 Å². The van der Waals surface area contributed by atoms with Crippen molar-refractivity contribution in [2.75, 3.05) is 5.32 Å². The van der Waals surface area contributed by atoms with Crippen molar-refractivity contribution in [2.45, 2.75) is 26.3 Å². The third-order valence-corrected chi connectivity index (χ3v) is 3.64. The maximum Gasteiger partial charge on any atom is 0.267 e. The smallest absolute Gasteiger partial charge is 0.267 e. The van der Waals surface area contributed by atoms with E-state index in [1.807, 2.05) is 0 Å². The topological polar surface area (TPSA) is 57.8 Å². The predicted octanol–water partition coefficient (Wildman–Crippen LogP) is 3.27. The Kier molecular flexibility index (Phi) is 4.37. The number of H-pyrrole nitrogens is 1. The van der Waals surface area contributed by atoms with Crippen molar-refractivity contribution in [1.29, 1.82) is 0 Å². The Labute approximate surface area is 120 Å². The summed E-state index contributed by atoms with van der Waals surface area (Å²) in [6.45, 7) is 4.97. The zero-order valence-electron chi connectivity index (χ0n) is 10.9. The van der Waals surface area contributed by atoms with E-state index in [1.54, 1.807) is 0 Å². The molecule has 2 N–H and O–H groups in total. The molecule has 0 saturated carbocycles. The summed E-state index contributed by atoms with van der Waals surface area (Å²) in [6, 6.07) is 8.43. The number of aromatic nitrogens is 2. The number of anilines is 1. The molecule has 0 unspecified atom stereocenters. The Hall–Kier alpha value is -1.62. The second-order valence-corrected chi connectivity index (χ2v) is 5.44. The molecule has 19 heavy (non-hydrogen) atoms. The van der Waals surface area contributed by atoms with E-state index in [0.29, 0.717) is 22.8 Å². The number of nitrogens with one attached hydrogen (secondary N) is 2. The van der Waals surface area contributed by atoms with Crippen molar-refractivity contribution in [3.63, 3.8) is 0 Å². The summed E-state index contributed by atoms with van der Waals surface area (Å²) in [4.78, 5) is 18.0. The van der Waals surface area contributed by atoms with E-state index >= 15 is 0 Å². The highest BCUT2D eigenvalue weighted by molar-refractivity contribution is 9.10. The molecule has 0 bridgehead atoms. The number of nitrogens with zero attached hydrogens (tertiary/aromatic N) is 1. The highest BCUT2D eigenvalue weighted by atomic mass is 79.9. The quantitative estimate of drug-likeness (QED) is 0.908. The van der Waals surface area contributed by atoms with E-state index in [2.05, 4.69) is 69.3 Å². The molecule has 2 rings (SSSR count). The van der Waals surface area contributed by atoms with E-state index < -0.39 is 0 Å². The van der Waals surface area contributed by atoms with Crippen LogP contribution < -0.4 is 10.9 Å². The summed E-state index contributed by atoms with van der Waals surface area (Å²) in [7, 11) is 0. The van der Waals surface area contributed by atoms with Crippen LogP contribution in [0.3, 0.4) is 0 Å². The molecular weight excluding hydrogens is 306 g/mol. The maximum absolute atomic E-state index is 11.4. The Morgan fingerprint density at radius 3 is 2.63 bits per heavy atom. The maximum atomic E-state index is 11.4. The van der Waals surface area contributed by atoms with Gasteiger partial charge in [0.25, 0.3) is 5.56 Å². The fourth-order valence-corrected chi connectivity index (χ4v) is 2.07. The zero-order chi connectivity index (χ0) is 13.8. The molecule has 0 amide bonds. The van der Waals surface area contributed by atoms with Crippen LogP contribution in [-0.4, -0.2) is 9.97 Å². The van der Waals surface area contributed by atoms with Crippen LogP contribution in [0.5, 0.6) is 0 Å². The molecule has 1 aromatic heterocycles. The lowest BCUT2D eigenvalue weighted by molar-refractivity contribution is 0.865. The molecule has 0 radical (unpaired) electrons. The molecule has 5 heteroatoms. The van der Waals surface area contributed by atoms with Gasteiger partial charge in [0.05, 0.1) is 6.33 Å². The van der Waals surface area contributed by atoms with Crippen molar-refractivity contribution < 1.29 is 0 Å². The van der Waals surface area contributed by atoms with Crippen molar-refractivity contribution >= 4 is 21.7 Å². The molecule has 0 spiro atoms. The third-order valence-electron chi connectivity index (χ3n) is 2.90. The van der Waals surface area contributed by atoms with Crippen LogP contribution >= 0.6 is 15.9 Å². The molecule has 4 nitrogen and oxygen atoms in total. The van der Waals surface area contributed by atoms with E-state index in [4.69, 9.17) is 0 Å². The highest BCUT2D eigenvalue weighted by Gasteiger charge is 2.05. The lowest BCUT2D eigenvalue weighted by Gasteiger charge is -2.09. The van der Waals surface area contributed by atoms with Crippen LogP contribution in [0.2, 0.25) is 0 Å². The molecule has 0 aliphatic carbocycles. The van der Waals surface area contributed by atoms with Gasteiger partial charge in [-0.15, -0.1) is 0 Å². The third kappa shape index (κ3) is 3.44. The van der Waals surface area contributed by atoms with Gasteiger partial charge in [-0.05, 0) is 33.0 Å². The lowest BCUT2D eigenvalue weighted by atomic mass is 10.0. The minimum atomic E-state index is -0.187. The summed E-state index contributed by atoms with van der Waals surface area (Å²) < 4.78 is 0.425. The second-order valence-electron chi connectivity index (χ2n) is 4.64. The SMILES string of the molecule is CC(C)c1ccc(CNc2nc[nH]c(=O)c2Br)cc1. The highest BCUT2D eigenvalue weighted by Crippen LogP contribution is 2.17. The van der Waals surface area contributed by atoms with E-state index in [-0.39, 0.29) is 5.56 Å². The molecule has 0 atom stereocenters. The summed E-state index contributed by atoms with van der Waals surface area (Å²) in [5.41, 5.74) is 2.28. The number of benzene rings is 1. The van der Waals surface area contributed by atoms with Crippen molar-refractivity contribution in [3.05, 3.63) is 56.5 Å². The number of hydrogen-bond donors (Lipinski definition) is 2. The molecule has 0 aliphatic rings. The number of halogens is 1. The number of rotatable bonds is 4. The first-order valence-corrected chi connectivity index (χ1v) is 6.93. The van der Waals surface area contributed by atoms with Gasteiger partial charge in [-0.3, -0.25) is 4.79 Å². The van der Waals surface area contributed by atoms with Gasteiger partial charge in [0.15, 0.2) is 0 Å². The first-order valence-electron chi connectivity index (χ1n) is 6.14. The number of aromatic amines is 1. The van der Waals surface area contributed by atoms with E-state index in [1.165, 1.54) is 11.9 Å². The van der Waals surface area contributed by atoms with Crippen LogP contribution in [0.1, 0.15) is 30.9 Å². The Balaban J connectivity index is 2.06. The average Bonchev–Trinajstić information content (AvgIpc) is 2.41. The van der Waals surface area contributed by atoms with Crippen LogP contribution in [0.4, 0.5) is 5.82 Å². The van der Waals surface area contributed by atoms with Gasteiger partial charge in [0, 0.05) is 6.54 Å². The van der Waals surface area contributed by atoms with Gasteiger partial charge >= 0.3 is 0 Å².